The molecular formula is C21H24N4O4. The van der Waals surface area contributed by atoms with Crippen molar-refractivity contribution in [3.05, 3.63) is 71.3 Å². The van der Waals surface area contributed by atoms with E-state index in [1.165, 1.54) is 21.3 Å². The average Bonchev–Trinajstić information content (AvgIpc) is 2.76. The minimum atomic E-state index is -0.363. The monoisotopic (exact) mass is 396 g/mol. The van der Waals surface area contributed by atoms with Crippen LogP contribution in [0.2, 0.25) is 0 Å². The van der Waals surface area contributed by atoms with Crippen LogP contribution in [0.15, 0.2) is 70.1 Å². The summed E-state index contributed by atoms with van der Waals surface area (Å²) in [6, 6.07) is 16.8. The van der Waals surface area contributed by atoms with Gasteiger partial charge in [-0.15, -0.1) is 0 Å². The summed E-state index contributed by atoms with van der Waals surface area (Å²) in [6.07, 6.45) is 0. The molecule has 0 aliphatic heterocycles. The quantitative estimate of drug-likeness (QED) is 0.521. The van der Waals surface area contributed by atoms with Crippen molar-refractivity contribution in [1.82, 2.24) is 5.32 Å². The van der Waals surface area contributed by atoms with Crippen molar-refractivity contribution in [3.8, 4) is 0 Å². The number of benzene rings is 2. The SMILES string of the molecule is CNC(=O)C(=NOC)c1ccccc1CON=C(C)C(=NOC)c1ccccc1. The van der Waals surface area contributed by atoms with Crippen molar-refractivity contribution in [2.75, 3.05) is 21.3 Å². The number of oxime groups is 3. The van der Waals surface area contributed by atoms with E-state index in [1.54, 1.807) is 19.1 Å². The largest absolute Gasteiger partial charge is 0.399 e. The molecule has 0 radical (unpaired) electrons. The van der Waals surface area contributed by atoms with E-state index in [4.69, 9.17) is 14.5 Å². The number of carbonyl (C=O) groups excluding carboxylic acids is 1. The molecule has 0 aliphatic carbocycles. The second kappa shape index (κ2) is 11.2. The Hall–Kier alpha value is -3.68. The fraction of sp³-hybridized carbons (Fsp3) is 0.238. The van der Waals surface area contributed by atoms with Crippen LogP contribution < -0.4 is 5.32 Å². The highest BCUT2D eigenvalue weighted by Crippen LogP contribution is 2.13. The zero-order valence-electron chi connectivity index (χ0n) is 16.9. The maximum Gasteiger partial charge on any atom is 0.273 e. The summed E-state index contributed by atoms with van der Waals surface area (Å²) in [6.45, 7) is 1.90. The lowest BCUT2D eigenvalue weighted by Crippen LogP contribution is -2.29. The predicted molar refractivity (Wildman–Crippen MR) is 112 cm³/mol. The van der Waals surface area contributed by atoms with E-state index in [0.717, 1.165) is 11.1 Å². The minimum Gasteiger partial charge on any atom is -0.399 e. The minimum absolute atomic E-state index is 0.127. The summed E-state index contributed by atoms with van der Waals surface area (Å²) in [5.74, 6) is -0.363. The molecule has 0 unspecified atom stereocenters. The van der Waals surface area contributed by atoms with Crippen LogP contribution in [-0.4, -0.2) is 44.3 Å². The van der Waals surface area contributed by atoms with Gasteiger partial charge >= 0.3 is 0 Å². The van der Waals surface area contributed by atoms with Gasteiger partial charge in [0.2, 0.25) is 0 Å². The zero-order valence-corrected chi connectivity index (χ0v) is 16.9. The molecule has 2 aromatic carbocycles. The molecule has 0 atom stereocenters. The third-order valence-electron chi connectivity index (χ3n) is 3.89. The summed E-state index contributed by atoms with van der Waals surface area (Å²) in [5.41, 5.74) is 3.44. The highest BCUT2D eigenvalue weighted by atomic mass is 16.6. The Labute approximate surface area is 169 Å². The molecule has 0 saturated carbocycles. The van der Waals surface area contributed by atoms with Gasteiger partial charge in [-0.05, 0) is 6.92 Å². The summed E-state index contributed by atoms with van der Waals surface area (Å²) in [7, 11) is 4.39. The van der Waals surface area contributed by atoms with E-state index < -0.39 is 0 Å². The Morgan fingerprint density at radius 3 is 2.17 bits per heavy atom. The lowest BCUT2D eigenvalue weighted by molar-refractivity contribution is -0.114. The summed E-state index contributed by atoms with van der Waals surface area (Å²) < 4.78 is 0. The number of hydrogen-bond acceptors (Lipinski definition) is 7. The Morgan fingerprint density at radius 2 is 1.52 bits per heavy atom. The lowest BCUT2D eigenvalue weighted by Gasteiger charge is -2.10. The maximum absolute atomic E-state index is 12.1. The van der Waals surface area contributed by atoms with Gasteiger partial charge in [-0.1, -0.05) is 70.1 Å². The Morgan fingerprint density at radius 1 is 0.897 bits per heavy atom. The fourth-order valence-corrected chi connectivity index (χ4v) is 2.56. The molecule has 0 heterocycles. The number of likely N-dealkylation sites (N-methyl/N-ethyl adjacent to an activating group) is 1. The third kappa shape index (κ3) is 5.90. The standard InChI is InChI=1S/C21H24N4O4/c1-15(19(24-27-3)16-10-6-5-7-11-16)23-29-14-17-12-8-9-13-18(17)20(25-28-4)21(26)22-2/h5-13H,14H2,1-4H3,(H,22,26). The van der Waals surface area contributed by atoms with Gasteiger partial charge in [0.05, 0.1) is 0 Å². The fourth-order valence-electron chi connectivity index (χ4n) is 2.56. The molecule has 2 rings (SSSR count). The maximum atomic E-state index is 12.1. The normalized spacial score (nSPS) is 12.3. The van der Waals surface area contributed by atoms with E-state index in [9.17, 15) is 4.79 Å². The smallest absolute Gasteiger partial charge is 0.273 e. The molecule has 0 aromatic heterocycles. The summed E-state index contributed by atoms with van der Waals surface area (Å²) in [5, 5.41) is 14.6. The summed E-state index contributed by atoms with van der Waals surface area (Å²) in [4.78, 5) is 27.4. The van der Waals surface area contributed by atoms with Crippen molar-refractivity contribution in [1.29, 1.82) is 0 Å². The second-order valence-electron chi connectivity index (χ2n) is 5.80. The molecular weight excluding hydrogens is 372 g/mol. The predicted octanol–water partition coefficient (Wildman–Crippen LogP) is 2.73. The molecule has 0 fully saturated rings. The van der Waals surface area contributed by atoms with Gasteiger partial charge in [-0.3, -0.25) is 4.79 Å². The summed E-state index contributed by atoms with van der Waals surface area (Å²) >= 11 is 0. The van der Waals surface area contributed by atoms with Gasteiger partial charge in [-0.2, -0.15) is 0 Å². The van der Waals surface area contributed by atoms with Crippen molar-refractivity contribution in [2.24, 2.45) is 15.5 Å². The number of nitrogens with one attached hydrogen (secondary N) is 1. The molecule has 29 heavy (non-hydrogen) atoms. The Kier molecular flexibility index (Phi) is 8.37. The first-order chi connectivity index (χ1) is 14.1. The Balaban J connectivity index is 2.23. The molecule has 1 N–H and O–H groups in total. The van der Waals surface area contributed by atoms with Crippen LogP contribution in [0.3, 0.4) is 0 Å². The molecule has 0 bridgehead atoms. The van der Waals surface area contributed by atoms with Crippen molar-refractivity contribution < 1.29 is 19.3 Å². The highest BCUT2D eigenvalue weighted by Gasteiger charge is 2.17. The first kappa shape index (κ1) is 21.6. The van der Waals surface area contributed by atoms with Crippen molar-refractivity contribution in [3.63, 3.8) is 0 Å². The number of hydrogen-bond donors (Lipinski definition) is 1. The number of rotatable bonds is 9. The van der Waals surface area contributed by atoms with Crippen LogP contribution >= 0.6 is 0 Å². The van der Waals surface area contributed by atoms with Gasteiger partial charge in [0, 0.05) is 23.7 Å². The topological polar surface area (TPSA) is 93.9 Å². The molecule has 152 valence electrons. The van der Waals surface area contributed by atoms with Gasteiger partial charge < -0.3 is 19.8 Å². The van der Waals surface area contributed by atoms with E-state index >= 15 is 0 Å². The molecule has 0 aliphatic rings. The number of amides is 1. The second-order valence-corrected chi connectivity index (χ2v) is 5.80. The van der Waals surface area contributed by atoms with Crippen LogP contribution in [-0.2, 0) is 25.9 Å². The van der Waals surface area contributed by atoms with E-state index in [-0.39, 0.29) is 18.2 Å². The van der Waals surface area contributed by atoms with Gasteiger partial charge in [0.1, 0.15) is 32.2 Å². The van der Waals surface area contributed by atoms with Crippen molar-refractivity contribution in [2.45, 2.75) is 13.5 Å². The zero-order chi connectivity index (χ0) is 21.1. The first-order valence-corrected chi connectivity index (χ1v) is 8.87. The molecule has 1 amide bonds. The van der Waals surface area contributed by atoms with Crippen LogP contribution in [0.25, 0.3) is 0 Å². The molecule has 2 aromatic rings. The highest BCUT2D eigenvalue weighted by molar-refractivity contribution is 6.47. The van der Waals surface area contributed by atoms with Crippen LogP contribution in [0, 0.1) is 0 Å². The number of nitrogens with zero attached hydrogens (tertiary/aromatic N) is 3. The Bertz CT molecular complexity index is 908. The molecule has 0 spiro atoms. The molecule has 8 nitrogen and oxygen atoms in total. The molecule has 8 heteroatoms. The number of carbonyl (C=O) groups is 1. The van der Waals surface area contributed by atoms with Crippen LogP contribution in [0.5, 0.6) is 0 Å². The van der Waals surface area contributed by atoms with Crippen LogP contribution in [0.4, 0.5) is 0 Å². The van der Waals surface area contributed by atoms with Gasteiger partial charge in [0.15, 0.2) is 5.71 Å². The van der Waals surface area contributed by atoms with Gasteiger partial charge in [0.25, 0.3) is 5.91 Å². The van der Waals surface area contributed by atoms with E-state index in [2.05, 4.69) is 20.8 Å². The van der Waals surface area contributed by atoms with E-state index in [1.807, 2.05) is 42.5 Å². The van der Waals surface area contributed by atoms with Crippen molar-refractivity contribution >= 4 is 23.0 Å². The lowest BCUT2D eigenvalue weighted by atomic mass is 10.0. The van der Waals surface area contributed by atoms with Gasteiger partial charge in [-0.25, -0.2) is 0 Å². The molecule has 0 saturated heterocycles. The third-order valence-corrected chi connectivity index (χ3v) is 3.89. The average molecular weight is 396 g/mol. The van der Waals surface area contributed by atoms with E-state index in [0.29, 0.717) is 17.0 Å². The first-order valence-electron chi connectivity index (χ1n) is 8.87. The van der Waals surface area contributed by atoms with Crippen LogP contribution in [0.1, 0.15) is 23.6 Å².